The minimum Gasteiger partial charge on any atom is -0.466 e. The molecule has 1 aliphatic heterocycles. The Labute approximate surface area is 218 Å². The van der Waals surface area contributed by atoms with Gasteiger partial charge in [-0.25, -0.2) is 19.2 Å². The Morgan fingerprint density at radius 3 is 1.81 bits per heavy atom. The van der Waals surface area contributed by atoms with Crippen molar-refractivity contribution in [2.24, 2.45) is 0 Å². The molecule has 0 saturated heterocycles. The second-order valence-electron chi connectivity index (χ2n) is 7.54. The van der Waals surface area contributed by atoms with Gasteiger partial charge in [-0.15, -0.1) is 0 Å². The van der Waals surface area contributed by atoms with Crippen LogP contribution in [0.15, 0.2) is 83.1 Å². The third-order valence-electron chi connectivity index (χ3n) is 5.51. The molecule has 0 amide bonds. The molecule has 1 heterocycles. The van der Waals surface area contributed by atoms with E-state index >= 15 is 0 Å². The highest BCUT2D eigenvalue weighted by Crippen LogP contribution is 2.39. The van der Waals surface area contributed by atoms with Crippen molar-refractivity contribution in [3.05, 3.63) is 93.7 Å². The number of carbonyl (C=O) groups excluding carboxylic acids is 4. The molecule has 0 N–H and O–H groups in total. The van der Waals surface area contributed by atoms with Crippen molar-refractivity contribution in [1.82, 2.24) is 0 Å². The molecule has 0 aromatic heterocycles. The van der Waals surface area contributed by atoms with E-state index in [4.69, 9.17) is 30.5 Å². The minimum atomic E-state index is -1.12. The van der Waals surface area contributed by atoms with Gasteiger partial charge in [0.25, 0.3) is 0 Å². The SMILES string of the molecule is COC(=O)C1=C(C(=O)OC)C(/C=C/c2ccccc2)N(c2ccc(Cl)cc2)C(C(=O)OC)=C1C(=O)OC. The summed E-state index contributed by atoms with van der Waals surface area (Å²) in [5.74, 6) is -3.99. The Bertz CT molecular complexity index is 1300. The topological polar surface area (TPSA) is 108 Å². The average Bonchev–Trinajstić information content (AvgIpc) is 2.94. The van der Waals surface area contributed by atoms with Crippen LogP contribution in [0.2, 0.25) is 5.02 Å². The maximum absolute atomic E-state index is 13.2. The van der Waals surface area contributed by atoms with Crippen molar-refractivity contribution in [3.63, 3.8) is 0 Å². The first kappa shape index (κ1) is 27.2. The van der Waals surface area contributed by atoms with E-state index < -0.39 is 41.1 Å². The molecule has 3 rings (SSSR count). The van der Waals surface area contributed by atoms with Gasteiger partial charge in [0.1, 0.15) is 11.3 Å². The smallest absolute Gasteiger partial charge is 0.355 e. The summed E-state index contributed by atoms with van der Waals surface area (Å²) in [6, 6.07) is 14.3. The van der Waals surface area contributed by atoms with Gasteiger partial charge >= 0.3 is 23.9 Å². The van der Waals surface area contributed by atoms with Gasteiger partial charge in [0, 0.05) is 10.7 Å². The van der Waals surface area contributed by atoms with Crippen LogP contribution in [-0.4, -0.2) is 58.4 Å². The number of methoxy groups -OCH3 is 4. The zero-order valence-electron chi connectivity index (χ0n) is 20.5. The number of ether oxygens (including phenoxy) is 4. The van der Waals surface area contributed by atoms with E-state index in [1.54, 1.807) is 36.4 Å². The first-order chi connectivity index (χ1) is 17.8. The standard InChI is InChI=1S/C27H24ClNO8/c1-34-24(30)20-19(15-10-16-8-6-5-7-9-16)29(18-13-11-17(28)12-14-18)23(27(33)37-4)22(26(32)36-3)21(20)25(31)35-2/h5-15,19H,1-4H3/b15-10+. The van der Waals surface area contributed by atoms with Crippen LogP contribution in [0.25, 0.3) is 6.08 Å². The zero-order chi connectivity index (χ0) is 27.1. The largest absolute Gasteiger partial charge is 0.466 e. The highest BCUT2D eigenvalue weighted by atomic mass is 35.5. The molecule has 0 fully saturated rings. The van der Waals surface area contributed by atoms with E-state index in [-0.39, 0.29) is 11.3 Å². The van der Waals surface area contributed by atoms with Crippen LogP contribution in [0.1, 0.15) is 5.56 Å². The van der Waals surface area contributed by atoms with Crippen LogP contribution in [0, 0.1) is 0 Å². The highest BCUT2D eigenvalue weighted by molar-refractivity contribution is 6.30. The Morgan fingerprint density at radius 1 is 0.730 bits per heavy atom. The van der Waals surface area contributed by atoms with Crippen molar-refractivity contribution in [3.8, 4) is 0 Å². The monoisotopic (exact) mass is 525 g/mol. The Hall–Kier alpha value is -4.37. The summed E-state index contributed by atoms with van der Waals surface area (Å²) in [6.07, 6.45) is 3.29. The third-order valence-corrected chi connectivity index (χ3v) is 5.76. The van der Waals surface area contributed by atoms with Crippen LogP contribution in [0.3, 0.4) is 0 Å². The molecular weight excluding hydrogens is 502 g/mol. The summed E-state index contributed by atoms with van der Waals surface area (Å²) in [5, 5.41) is 0.410. The Balaban J connectivity index is 2.49. The number of nitrogens with zero attached hydrogens (tertiary/aromatic N) is 1. The van der Waals surface area contributed by atoms with Gasteiger partial charge in [0.15, 0.2) is 0 Å². The van der Waals surface area contributed by atoms with Crippen LogP contribution in [0.4, 0.5) is 5.69 Å². The second kappa shape index (κ2) is 12.0. The first-order valence-electron chi connectivity index (χ1n) is 10.9. The van der Waals surface area contributed by atoms with E-state index in [2.05, 4.69) is 0 Å². The van der Waals surface area contributed by atoms with Crippen LogP contribution in [-0.2, 0) is 38.1 Å². The fraction of sp³-hybridized carbons (Fsp3) is 0.185. The van der Waals surface area contributed by atoms with Crippen molar-refractivity contribution in [2.45, 2.75) is 6.04 Å². The zero-order valence-corrected chi connectivity index (χ0v) is 21.3. The molecule has 0 aliphatic carbocycles. The van der Waals surface area contributed by atoms with Gasteiger partial charge in [0.2, 0.25) is 0 Å². The van der Waals surface area contributed by atoms with Crippen LogP contribution < -0.4 is 4.90 Å². The lowest BCUT2D eigenvalue weighted by Crippen LogP contribution is -2.46. The van der Waals surface area contributed by atoms with Gasteiger partial charge in [-0.05, 0) is 29.8 Å². The number of anilines is 1. The van der Waals surface area contributed by atoms with Crippen molar-refractivity contribution in [2.75, 3.05) is 33.3 Å². The van der Waals surface area contributed by atoms with E-state index in [9.17, 15) is 19.2 Å². The first-order valence-corrected chi connectivity index (χ1v) is 11.3. The fourth-order valence-electron chi connectivity index (χ4n) is 3.87. The Morgan fingerprint density at radius 2 is 1.27 bits per heavy atom. The molecule has 0 saturated carbocycles. The summed E-state index contributed by atoms with van der Waals surface area (Å²) in [6.45, 7) is 0. The number of hydrogen-bond acceptors (Lipinski definition) is 9. The third kappa shape index (κ3) is 5.57. The number of esters is 4. The number of carbonyl (C=O) groups is 4. The van der Waals surface area contributed by atoms with Crippen molar-refractivity contribution < 1.29 is 38.1 Å². The molecule has 37 heavy (non-hydrogen) atoms. The molecule has 1 unspecified atom stereocenters. The van der Waals surface area contributed by atoms with Gasteiger partial charge in [-0.1, -0.05) is 54.1 Å². The van der Waals surface area contributed by atoms with Crippen LogP contribution >= 0.6 is 11.6 Å². The molecular formula is C27H24ClNO8. The lowest BCUT2D eigenvalue weighted by molar-refractivity contribution is -0.142. The van der Waals surface area contributed by atoms with Gasteiger partial charge in [-0.3, -0.25) is 0 Å². The summed E-state index contributed by atoms with van der Waals surface area (Å²) in [5.41, 5.74) is -0.448. The lowest BCUT2D eigenvalue weighted by atomic mass is 9.86. The summed E-state index contributed by atoms with van der Waals surface area (Å²) in [7, 11) is 4.41. The molecule has 2 aromatic carbocycles. The molecule has 2 aromatic rings. The van der Waals surface area contributed by atoms with Gasteiger partial charge < -0.3 is 23.8 Å². The molecule has 1 atom stereocenters. The Kier molecular flexibility index (Phi) is 8.86. The van der Waals surface area contributed by atoms with Crippen molar-refractivity contribution in [1.29, 1.82) is 0 Å². The minimum absolute atomic E-state index is 0.246. The summed E-state index contributed by atoms with van der Waals surface area (Å²) < 4.78 is 19.8. The predicted molar refractivity (Wildman–Crippen MR) is 135 cm³/mol. The van der Waals surface area contributed by atoms with E-state index in [1.807, 2.05) is 30.3 Å². The number of benzene rings is 2. The predicted octanol–water partition coefficient (Wildman–Crippen LogP) is 3.48. The number of halogens is 1. The van der Waals surface area contributed by atoms with Gasteiger partial charge in [-0.2, -0.15) is 0 Å². The molecule has 0 radical (unpaired) electrons. The lowest BCUT2D eigenvalue weighted by Gasteiger charge is -2.38. The highest BCUT2D eigenvalue weighted by Gasteiger charge is 2.46. The summed E-state index contributed by atoms with van der Waals surface area (Å²) in [4.78, 5) is 53.9. The van der Waals surface area contributed by atoms with E-state index in [0.717, 1.165) is 34.0 Å². The summed E-state index contributed by atoms with van der Waals surface area (Å²) >= 11 is 6.09. The normalized spacial score (nSPS) is 15.5. The number of rotatable bonds is 7. The maximum Gasteiger partial charge on any atom is 0.355 e. The molecule has 192 valence electrons. The molecule has 1 aliphatic rings. The van der Waals surface area contributed by atoms with Crippen LogP contribution in [0.5, 0.6) is 0 Å². The van der Waals surface area contributed by atoms with Crippen molar-refractivity contribution >= 4 is 47.2 Å². The maximum atomic E-state index is 13.2. The second-order valence-corrected chi connectivity index (χ2v) is 7.98. The quantitative estimate of drug-likeness (QED) is 0.396. The van der Waals surface area contributed by atoms with E-state index in [0.29, 0.717) is 10.7 Å². The molecule has 9 nitrogen and oxygen atoms in total. The molecule has 0 bridgehead atoms. The van der Waals surface area contributed by atoms with E-state index in [1.165, 1.54) is 4.90 Å². The fourth-order valence-corrected chi connectivity index (χ4v) is 4.00. The average molecular weight is 526 g/mol. The number of hydrogen-bond donors (Lipinski definition) is 0. The molecule has 0 spiro atoms. The molecule has 10 heteroatoms. The van der Waals surface area contributed by atoms with Gasteiger partial charge in [0.05, 0.1) is 45.6 Å².